The third kappa shape index (κ3) is 3.82. The molecule has 0 atom stereocenters. The van der Waals surface area contributed by atoms with E-state index in [0.29, 0.717) is 0 Å². The Balaban J connectivity index is 1.48. The van der Waals surface area contributed by atoms with Gasteiger partial charge in [0.2, 0.25) is 0 Å². The molecule has 0 radical (unpaired) electrons. The highest BCUT2D eigenvalue weighted by Gasteiger charge is 2.18. The first-order valence-corrected chi connectivity index (χ1v) is 9.51. The zero-order chi connectivity index (χ0) is 19.7. The molecule has 0 bridgehead atoms. The molecular formula is C22H26N6. The van der Waals surface area contributed by atoms with E-state index in [1.54, 1.807) is 0 Å². The number of benzene rings is 1. The van der Waals surface area contributed by atoms with Gasteiger partial charge in [0.25, 0.3) is 0 Å². The first-order chi connectivity index (χ1) is 13.4. The summed E-state index contributed by atoms with van der Waals surface area (Å²) in [6.07, 6.45) is 5.87. The average molecular weight is 374 g/mol. The SMILES string of the molecule is CN(Cc1cnc2c(-c3ccccc3)cnn2c1)Cc1cc(C(C)(C)C)n[nH]1. The van der Waals surface area contributed by atoms with Crippen LogP contribution in [-0.2, 0) is 18.5 Å². The molecule has 4 rings (SSSR count). The Morgan fingerprint density at radius 1 is 1.07 bits per heavy atom. The number of rotatable bonds is 5. The first kappa shape index (κ1) is 18.4. The van der Waals surface area contributed by atoms with Crippen molar-refractivity contribution < 1.29 is 0 Å². The van der Waals surface area contributed by atoms with Crippen LogP contribution in [0, 0.1) is 0 Å². The Labute approximate surface area is 165 Å². The van der Waals surface area contributed by atoms with Crippen molar-refractivity contribution in [2.75, 3.05) is 7.05 Å². The molecule has 6 heteroatoms. The highest BCUT2D eigenvalue weighted by molar-refractivity contribution is 5.76. The molecule has 1 N–H and O–H groups in total. The van der Waals surface area contributed by atoms with Gasteiger partial charge in [0, 0.05) is 47.7 Å². The number of hydrogen-bond acceptors (Lipinski definition) is 4. The van der Waals surface area contributed by atoms with Gasteiger partial charge in [-0.3, -0.25) is 10.00 Å². The molecule has 0 spiro atoms. The van der Waals surface area contributed by atoms with Crippen LogP contribution < -0.4 is 0 Å². The fourth-order valence-electron chi connectivity index (χ4n) is 3.30. The minimum atomic E-state index is 0.0544. The smallest absolute Gasteiger partial charge is 0.162 e. The van der Waals surface area contributed by atoms with E-state index in [1.165, 1.54) is 0 Å². The van der Waals surface area contributed by atoms with Gasteiger partial charge < -0.3 is 0 Å². The molecule has 144 valence electrons. The molecule has 0 saturated heterocycles. The Bertz CT molecular complexity index is 1070. The molecule has 4 aromatic rings. The summed E-state index contributed by atoms with van der Waals surface area (Å²) in [6, 6.07) is 12.4. The summed E-state index contributed by atoms with van der Waals surface area (Å²) in [6.45, 7) is 8.10. The van der Waals surface area contributed by atoms with Gasteiger partial charge in [0.05, 0.1) is 11.9 Å². The van der Waals surface area contributed by atoms with Gasteiger partial charge in [-0.15, -0.1) is 0 Å². The summed E-state index contributed by atoms with van der Waals surface area (Å²) in [4.78, 5) is 6.91. The fraction of sp³-hybridized carbons (Fsp3) is 0.318. The highest BCUT2D eigenvalue weighted by atomic mass is 15.2. The largest absolute Gasteiger partial charge is 0.296 e. The predicted molar refractivity (Wildman–Crippen MR) is 111 cm³/mol. The monoisotopic (exact) mass is 374 g/mol. The van der Waals surface area contributed by atoms with Crippen LogP contribution in [0.25, 0.3) is 16.8 Å². The molecule has 0 aliphatic heterocycles. The Kier molecular flexibility index (Phi) is 4.73. The minimum Gasteiger partial charge on any atom is -0.296 e. The van der Waals surface area contributed by atoms with Crippen LogP contribution in [-0.4, -0.2) is 36.7 Å². The summed E-state index contributed by atoms with van der Waals surface area (Å²) in [5, 5.41) is 12.1. The lowest BCUT2D eigenvalue weighted by Crippen LogP contribution is -2.18. The molecule has 1 aromatic carbocycles. The third-order valence-electron chi connectivity index (χ3n) is 4.79. The van der Waals surface area contributed by atoms with Crippen molar-refractivity contribution in [2.45, 2.75) is 39.3 Å². The van der Waals surface area contributed by atoms with Crippen LogP contribution in [0.15, 0.2) is 55.0 Å². The maximum Gasteiger partial charge on any atom is 0.162 e. The summed E-state index contributed by atoms with van der Waals surface area (Å²) >= 11 is 0. The second kappa shape index (κ2) is 7.20. The Hall–Kier alpha value is -2.99. The van der Waals surface area contributed by atoms with Gasteiger partial charge in [0.1, 0.15) is 0 Å². The molecule has 0 fully saturated rings. The topological polar surface area (TPSA) is 62.1 Å². The summed E-state index contributed by atoms with van der Waals surface area (Å²) < 4.78 is 1.86. The van der Waals surface area contributed by atoms with E-state index in [0.717, 1.165) is 46.8 Å². The number of hydrogen-bond donors (Lipinski definition) is 1. The molecule has 3 aromatic heterocycles. The maximum absolute atomic E-state index is 4.67. The van der Waals surface area contributed by atoms with Crippen molar-refractivity contribution in [1.29, 1.82) is 0 Å². The van der Waals surface area contributed by atoms with Gasteiger partial charge >= 0.3 is 0 Å². The van der Waals surface area contributed by atoms with E-state index in [-0.39, 0.29) is 5.41 Å². The molecule has 0 unspecified atom stereocenters. The fourth-order valence-corrected chi connectivity index (χ4v) is 3.30. The van der Waals surface area contributed by atoms with Crippen molar-refractivity contribution >= 4 is 5.65 Å². The average Bonchev–Trinajstić information content (AvgIpc) is 3.29. The van der Waals surface area contributed by atoms with Gasteiger partial charge in [-0.25, -0.2) is 9.50 Å². The lowest BCUT2D eigenvalue weighted by molar-refractivity contribution is 0.314. The van der Waals surface area contributed by atoms with Crippen molar-refractivity contribution in [2.24, 2.45) is 0 Å². The number of nitrogens with zero attached hydrogens (tertiary/aromatic N) is 5. The first-order valence-electron chi connectivity index (χ1n) is 9.51. The van der Waals surface area contributed by atoms with Crippen LogP contribution in [0.1, 0.15) is 37.7 Å². The standard InChI is InChI=1S/C22H26N6/c1-22(2,3)20-10-18(25-26-20)15-27(4)13-16-11-23-21-19(12-24-28(21)14-16)17-8-6-5-7-9-17/h5-12,14H,13,15H2,1-4H3,(H,25,26). The van der Waals surface area contributed by atoms with Crippen LogP contribution >= 0.6 is 0 Å². The highest BCUT2D eigenvalue weighted by Crippen LogP contribution is 2.23. The Morgan fingerprint density at radius 3 is 2.57 bits per heavy atom. The number of nitrogens with one attached hydrogen (secondary N) is 1. The van der Waals surface area contributed by atoms with Crippen molar-refractivity contribution in [3.8, 4) is 11.1 Å². The van der Waals surface area contributed by atoms with E-state index in [9.17, 15) is 0 Å². The van der Waals surface area contributed by atoms with Crippen LogP contribution in [0.4, 0.5) is 0 Å². The zero-order valence-electron chi connectivity index (χ0n) is 16.8. The zero-order valence-corrected chi connectivity index (χ0v) is 16.8. The van der Waals surface area contributed by atoms with Gasteiger partial charge in [-0.1, -0.05) is 51.1 Å². The van der Waals surface area contributed by atoms with Crippen LogP contribution in [0.2, 0.25) is 0 Å². The lowest BCUT2D eigenvalue weighted by Gasteiger charge is -2.16. The second-order valence-corrected chi connectivity index (χ2v) is 8.36. The van der Waals surface area contributed by atoms with Gasteiger partial charge in [-0.05, 0) is 18.7 Å². The predicted octanol–water partition coefficient (Wildman–Crippen LogP) is 4.05. The van der Waals surface area contributed by atoms with Crippen molar-refractivity contribution in [3.05, 3.63) is 71.9 Å². The third-order valence-corrected chi connectivity index (χ3v) is 4.79. The number of fused-ring (bicyclic) bond motifs is 1. The van der Waals surface area contributed by atoms with Gasteiger partial charge in [0.15, 0.2) is 5.65 Å². The summed E-state index contributed by atoms with van der Waals surface area (Å²) in [5.41, 5.74) is 6.43. The minimum absolute atomic E-state index is 0.0544. The quantitative estimate of drug-likeness (QED) is 0.572. The van der Waals surface area contributed by atoms with E-state index in [1.807, 2.05) is 35.1 Å². The van der Waals surface area contributed by atoms with E-state index >= 15 is 0 Å². The van der Waals surface area contributed by atoms with Crippen molar-refractivity contribution in [3.63, 3.8) is 0 Å². The summed E-state index contributed by atoms with van der Waals surface area (Å²) in [7, 11) is 2.10. The Morgan fingerprint density at radius 2 is 1.86 bits per heavy atom. The van der Waals surface area contributed by atoms with Crippen LogP contribution in [0.3, 0.4) is 0 Å². The normalized spacial score (nSPS) is 12.2. The lowest BCUT2D eigenvalue weighted by atomic mass is 9.92. The molecular weight excluding hydrogens is 348 g/mol. The maximum atomic E-state index is 4.67. The molecule has 6 nitrogen and oxygen atoms in total. The summed E-state index contributed by atoms with van der Waals surface area (Å²) in [5.74, 6) is 0. The molecule has 0 aliphatic carbocycles. The number of aromatic nitrogens is 5. The van der Waals surface area contributed by atoms with E-state index in [4.69, 9.17) is 0 Å². The van der Waals surface area contributed by atoms with E-state index < -0.39 is 0 Å². The van der Waals surface area contributed by atoms with Crippen molar-refractivity contribution in [1.82, 2.24) is 29.7 Å². The van der Waals surface area contributed by atoms with E-state index in [2.05, 4.69) is 77.4 Å². The molecule has 0 saturated carbocycles. The van der Waals surface area contributed by atoms with Crippen LogP contribution in [0.5, 0.6) is 0 Å². The molecule has 0 amide bonds. The number of H-pyrrole nitrogens is 1. The molecule has 3 heterocycles. The number of aromatic amines is 1. The second-order valence-electron chi connectivity index (χ2n) is 8.36. The molecule has 0 aliphatic rings. The molecule has 28 heavy (non-hydrogen) atoms. The van der Waals surface area contributed by atoms with Gasteiger partial charge in [-0.2, -0.15) is 10.2 Å².